The van der Waals surface area contributed by atoms with Gasteiger partial charge in [0.1, 0.15) is 11.9 Å². The maximum Gasteiger partial charge on any atom is 0.289 e. The first-order chi connectivity index (χ1) is 13.5. The maximum absolute atomic E-state index is 14.2. The summed E-state index contributed by atoms with van der Waals surface area (Å²) in [7, 11) is 0. The number of rotatable bonds is 5. The summed E-state index contributed by atoms with van der Waals surface area (Å²) in [4.78, 5) is 16.9. The molecule has 3 heterocycles. The Morgan fingerprint density at radius 2 is 2.04 bits per heavy atom. The van der Waals surface area contributed by atoms with E-state index in [1.54, 1.807) is 24.0 Å². The van der Waals surface area contributed by atoms with E-state index >= 15 is 0 Å². The monoisotopic (exact) mass is 385 g/mol. The van der Waals surface area contributed by atoms with Crippen LogP contribution >= 0.6 is 0 Å². The molecule has 4 atom stereocenters. The number of hydrogen-bond acceptors (Lipinski definition) is 4. The lowest BCUT2D eigenvalue weighted by atomic mass is 9.99. The number of nitrogens with two attached hydrogens (primary N) is 1. The predicted molar refractivity (Wildman–Crippen MR) is 106 cm³/mol. The fourth-order valence-corrected chi connectivity index (χ4v) is 4.43. The Morgan fingerprint density at radius 3 is 2.75 bits per heavy atom. The van der Waals surface area contributed by atoms with Crippen LogP contribution in [0.5, 0.6) is 0 Å². The first kappa shape index (κ1) is 19.2. The van der Waals surface area contributed by atoms with Gasteiger partial charge >= 0.3 is 0 Å². The summed E-state index contributed by atoms with van der Waals surface area (Å²) in [6.07, 6.45) is 0.503. The molecule has 2 saturated heterocycles. The molecule has 4 rings (SSSR count). The molecule has 0 spiro atoms. The molecular weight excluding hydrogens is 357 g/mol. The first-order valence-corrected chi connectivity index (χ1v) is 10.1. The summed E-state index contributed by atoms with van der Waals surface area (Å²) < 4.78 is 19.8. The summed E-state index contributed by atoms with van der Waals surface area (Å²) in [6.45, 7) is 4.57. The Hall–Kier alpha value is -2.18. The first-order valence-electron chi connectivity index (χ1n) is 10.1. The van der Waals surface area contributed by atoms with Crippen LogP contribution in [0.25, 0.3) is 0 Å². The summed E-state index contributed by atoms with van der Waals surface area (Å²) >= 11 is 0. The van der Waals surface area contributed by atoms with Crippen LogP contribution in [0.1, 0.15) is 53.6 Å². The van der Waals surface area contributed by atoms with Gasteiger partial charge in [0.2, 0.25) is 0 Å². The number of nitrogens with zero attached hydrogens (tertiary/aromatic N) is 2. The van der Waals surface area contributed by atoms with Gasteiger partial charge < -0.3 is 20.0 Å². The van der Waals surface area contributed by atoms with Crippen molar-refractivity contribution in [3.05, 3.63) is 59.5 Å². The molecule has 150 valence electrons. The van der Waals surface area contributed by atoms with Crippen molar-refractivity contribution in [2.75, 3.05) is 26.2 Å². The molecule has 2 fully saturated rings. The van der Waals surface area contributed by atoms with Crippen LogP contribution in [0.4, 0.5) is 4.39 Å². The summed E-state index contributed by atoms with van der Waals surface area (Å²) in [6, 6.07) is 13.5. The van der Waals surface area contributed by atoms with Crippen molar-refractivity contribution in [2.45, 2.75) is 43.9 Å². The van der Waals surface area contributed by atoms with Gasteiger partial charge in [-0.05, 0) is 43.5 Å². The van der Waals surface area contributed by atoms with Crippen molar-refractivity contribution in [1.82, 2.24) is 9.80 Å². The number of alkyl halides is 1. The molecule has 2 unspecified atom stereocenters. The Kier molecular flexibility index (Phi) is 5.51. The fraction of sp³-hybridized carbons (Fsp3) is 0.500. The van der Waals surface area contributed by atoms with E-state index < -0.39 is 6.17 Å². The van der Waals surface area contributed by atoms with E-state index in [1.165, 1.54) is 5.56 Å². The van der Waals surface area contributed by atoms with E-state index in [0.717, 1.165) is 19.5 Å². The van der Waals surface area contributed by atoms with Crippen LogP contribution in [-0.4, -0.2) is 54.1 Å². The molecule has 1 aromatic carbocycles. The number of carbonyl (C=O) groups is 1. The topological polar surface area (TPSA) is 62.7 Å². The number of benzene rings is 1. The molecule has 2 aromatic rings. The zero-order valence-electron chi connectivity index (χ0n) is 16.3. The summed E-state index contributed by atoms with van der Waals surface area (Å²) in [5.74, 6) is 1.08. The normalized spacial score (nSPS) is 26.7. The largest absolute Gasteiger partial charge is 0.454 e. The van der Waals surface area contributed by atoms with E-state index in [-0.39, 0.29) is 30.3 Å². The van der Waals surface area contributed by atoms with Crippen LogP contribution in [0.2, 0.25) is 0 Å². The molecule has 6 heteroatoms. The zero-order chi connectivity index (χ0) is 19.7. The molecule has 28 heavy (non-hydrogen) atoms. The van der Waals surface area contributed by atoms with Gasteiger partial charge in [-0.15, -0.1) is 0 Å². The summed E-state index contributed by atoms with van der Waals surface area (Å²) in [5.41, 5.74) is 7.17. The number of furan rings is 1. The number of carbonyl (C=O) groups excluding carboxylic acids is 1. The van der Waals surface area contributed by atoms with E-state index in [1.807, 2.05) is 6.07 Å². The van der Waals surface area contributed by atoms with Crippen molar-refractivity contribution in [1.29, 1.82) is 0 Å². The van der Waals surface area contributed by atoms with Crippen LogP contribution in [0, 0.1) is 0 Å². The minimum Gasteiger partial charge on any atom is -0.454 e. The second-order valence-corrected chi connectivity index (χ2v) is 8.09. The molecule has 2 aliphatic rings. The van der Waals surface area contributed by atoms with E-state index in [4.69, 9.17) is 10.2 Å². The molecule has 0 radical (unpaired) electrons. The van der Waals surface area contributed by atoms with Crippen molar-refractivity contribution >= 4 is 5.91 Å². The lowest BCUT2D eigenvalue weighted by Gasteiger charge is -2.27. The van der Waals surface area contributed by atoms with Gasteiger partial charge in [-0.1, -0.05) is 30.3 Å². The second kappa shape index (κ2) is 8.05. The second-order valence-electron chi connectivity index (χ2n) is 8.09. The minimum atomic E-state index is -0.982. The molecule has 5 nitrogen and oxygen atoms in total. The number of halogens is 1. The zero-order valence-corrected chi connectivity index (χ0v) is 16.3. The Balaban J connectivity index is 1.41. The smallest absolute Gasteiger partial charge is 0.289 e. The third kappa shape index (κ3) is 3.98. The van der Waals surface area contributed by atoms with Gasteiger partial charge in [0.05, 0.1) is 12.6 Å². The molecular formula is C22H28FN3O2. The molecule has 1 aromatic heterocycles. The maximum atomic E-state index is 14.2. The van der Waals surface area contributed by atoms with Crippen LogP contribution in [0.3, 0.4) is 0 Å². The SMILES string of the molecule is CC(N)c1ccc(C(=O)N2C[C@H](F)C[C@H]2CN2CCC(c3ccccc3)C2)o1. The highest BCUT2D eigenvalue weighted by Crippen LogP contribution is 2.30. The Bertz CT molecular complexity index is 807. The van der Waals surface area contributed by atoms with E-state index in [9.17, 15) is 9.18 Å². The molecule has 2 N–H and O–H groups in total. The quantitative estimate of drug-likeness (QED) is 0.857. The highest BCUT2D eigenvalue weighted by atomic mass is 19.1. The van der Waals surface area contributed by atoms with Crippen molar-refractivity contribution in [3.8, 4) is 0 Å². The molecule has 0 aliphatic carbocycles. The highest BCUT2D eigenvalue weighted by Gasteiger charge is 2.38. The van der Waals surface area contributed by atoms with Crippen molar-refractivity contribution < 1.29 is 13.6 Å². The molecule has 2 aliphatic heterocycles. The van der Waals surface area contributed by atoms with Gasteiger partial charge in [-0.3, -0.25) is 4.79 Å². The van der Waals surface area contributed by atoms with Crippen LogP contribution < -0.4 is 5.73 Å². The van der Waals surface area contributed by atoms with Gasteiger partial charge in [-0.2, -0.15) is 0 Å². The van der Waals surface area contributed by atoms with E-state index in [0.29, 0.717) is 24.6 Å². The van der Waals surface area contributed by atoms with Gasteiger partial charge in [0.25, 0.3) is 5.91 Å². The average Bonchev–Trinajstić information content (AvgIpc) is 3.42. The van der Waals surface area contributed by atoms with Crippen LogP contribution in [-0.2, 0) is 0 Å². The third-order valence-corrected chi connectivity index (χ3v) is 5.92. The molecule has 0 saturated carbocycles. The Labute approximate surface area is 165 Å². The van der Waals surface area contributed by atoms with Gasteiger partial charge in [0.15, 0.2) is 5.76 Å². The fourth-order valence-electron chi connectivity index (χ4n) is 4.43. The number of hydrogen-bond donors (Lipinski definition) is 1. The van der Waals surface area contributed by atoms with Gasteiger partial charge in [0, 0.05) is 25.6 Å². The third-order valence-electron chi connectivity index (χ3n) is 5.92. The average molecular weight is 385 g/mol. The van der Waals surface area contributed by atoms with Crippen molar-refractivity contribution in [3.63, 3.8) is 0 Å². The van der Waals surface area contributed by atoms with Crippen LogP contribution in [0.15, 0.2) is 46.9 Å². The number of likely N-dealkylation sites (tertiary alicyclic amines) is 2. The van der Waals surface area contributed by atoms with Gasteiger partial charge in [-0.25, -0.2) is 4.39 Å². The van der Waals surface area contributed by atoms with Crippen molar-refractivity contribution in [2.24, 2.45) is 5.73 Å². The predicted octanol–water partition coefficient (Wildman–Crippen LogP) is 3.34. The molecule has 1 amide bonds. The summed E-state index contributed by atoms with van der Waals surface area (Å²) in [5, 5.41) is 0. The number of amides is 1. The highest BCUT2D eigenvalue weighted by molar-refractivity contribution is 5.92. The van der Waals surface area contributed by atoms with E-state index in [2.05, 4.69) is 29.2 Å². The minimum absolute atomic E-state index is 0.124. The Morgan fingerprint density at radius 1 is 1.25 bits per heavy atom. The molecule has 0 bridgehead atoms. The lowest BCUT2D eigenvalue weighted by Crippen LogP contribution is -2.42. The lowest BCUT2D eigenvalue weighted by molar-refractivity contribution is 0.0668. The standard InChI is InChI=1S/C22H28FN3O2/c1-15(24)20-7-8-21(28-20)22(27)26-13-18(23)11-19(26)14-25-10-9-17(12-25)16-5-3-2-4-6-16/h2-8,15,17-19H,9-14,24H2,1H3/t15?,17?,18-,19+/m1/s1.